The first kappa shape index (κ1) is 39.3. The summed E-state index contributed by atoms with van der Waals surface area (Å²) in [5, 5.41) is 0. The fourth-order valence-corrected chi connectivity index (χ4v) is 2.89. The second kappa shape index (κ2) is 11.6. The average Bonchev–Trinajstić information content (AvgIpc) is 3.15. The molecule has 2 fully saturated rings. The zero-order chi connectivity index (χ0) is 31.1. The Kier molecular flexibility index (Phi) is 11.7. The Hall–Kier alpha value is -1.80. The number of Topliss-reactive ketones (excluding diaryl/α,β-unsaturated/α-hetero) is 1. The molecule has 2 aliphatic heterocycles. The largest absolute Gasteiger partial charge is 0.456 e. The highest BCUT2D eigenvalue weighted by atomic mass is 16.6. The summed E-state index contributed by atoms with van der Waals surface area (Å²) in [6.45, 7) is 31.2. The average molecular weight is 559 g/mol. The molecule has 2 saturated heterocycles. The van der Waals surface area contributed by atoms with Gasteiger partial charge in [-0.15, -0.1) is 0 Å². The molecule has 0 aromatic rings. The van der Waals surface area contributed by atoms with Crippen molar-refractivity contribution in [2.24, 2.45) is 21.7 Å². The second-order valence-corrected chi connectivity index (χ2v) is 14.5. The molecular weight excluding hydrogens is 500 g/mol. The number of esters is 3. The molecule has 0 radical (unpaired) electrons. The molecule has 2 heterocycles. The van der Waals surface area contributed by atoms with E-state index in [9.17, 15) is 19.2 Å². The van der Waals surface area contributed by atoms with E-state index in [1.54, 1.807) is 62.5 Å². The van der Waals surface area contributed by atoms with Gasteiger partial charge in [-0.1, -0.05) is 21.3 Å². The van der Waals surface area contributed by atoms with Crippen LogP contribution in [0.5, 0.6) is 0 Å². The summed E-state index contributed by atoms with van der Waals surface area (Å²) in [7, 11) is 1.58. The summed E-state index contributed by atoms with van der Waals surface area (Å²) in [5.41, 5.74) is -4.23. The zero-order valence-corrected chi connectivity index (χ0v) is 27.3. The number of ether oxygens (including phenoxy) is 4. The van der Waals surface area contributed by atoms with Gasteiger partial charge in [-0.2, -0.15) is 0 Å². The fraction of sp³-hybridized carbons (Fsp3) is 0.871. The fourth-order valence-electron chi connectivity index (χ4n) is 2.89. The first-order valence-corrected chi connectivity index (χ1v) is 13.2. The van der Waals surface area contributed by atoms with Gasteiger partial charge in [0.05, 0.1) is 27.4 Å². The highest BCUT2D eigenvalue weighted by Crippen LogP contribution is 2.47. The lowest BCUT2D eigenvalue weighted by Crippen LogP contribution is -2.54. The number of ketones is 1. The van der Waals surface area contributed by atoms with Crippen LogP contribution in [0.2, 0.25) is 0 Å². The summed E-state index contributed by atoms with van der Waals surface area (Å²) in [4.78, 5) is 46.5. The van der Waals surface area contributed by atoms with Gasteiger partial charge in [-0.25, -0.2) is 0 Å². The molecular formula is C31H58O8. The Morgan fingerprint density at radius 1 is 0.667 bits per heavy atom. The molecule has 39 heavy (non-hydrogen) atoms. The van der Waals surface area contributed by atoms with Crippen LogP contribution in [0.25, 0.3) is 0 Å². The topological polar surface area (TPSA) is 108 Å². The van der Waals surface area contributed by atoms with Crippen LogP contribution < -0.4 is 0 Å². The Labute approximate surface area is 238 Å². The van der Waals surface area contributed by atoms with Crippen LogP contribution in [-0.4, -0.2) is 53.2 Å². The lowest BCUT2D eigenvalue weighted by Gasteiger charge is -2.44. The molecule has 8 heteroatoms. The number of rotatable bonds is 6. The maximum absolute atomic E-state index is 12.6. The number of cyclic esters (lactones) is 2. The van der Waals surface area contributed by atoms with Gasteiger partial charge in [0.2, 0.25) is 0 Å². The van der Waals surface area contributed by atoms with Crippen LogP contribution in [0.4, 0.5) is 0 Å². The quantitative estimate of drug-likeness (QED) is 0.201. The van der Waals surface area contributed by atoms with Gasteiger partial charge in [-0.3, -0.25) is 19.2 Å². The predicted octanol–water partition coefficient (Wildman–Crippen LogP) is 6.71. The van der Waals surface area contributed by atoms with Crippen LogP contribution in [0.1, 0.15) is 125 Å². The number of epoxide rings is 1. The number of carbonyl (C=O) groups excluding carboxylic acids is 4. The minimum absolute atomic E-state index is 0. The molecule has 0 amide bonds. The Morgan fingerprint density at radius 3 is 1.15 bits per heavy atom. The van der Waals surface area contributed by atoms with Crippen molar-refractivity contribution in [3.05, 3.63) is 0 Å². The van der Waals surface area contributed by atoms with Crippen molar-refractivity contribution in [1.29, 1.82) is 0 Å². The number of hydrogen-bond donors (Lipinski definition) is 0. The van der Waals surface area contributed by atoms with Gasteiger partial charge < -0.3 is 18.9 Å². The van der Waals surface area contributed by atoms with Crippen molar-refractivity contribution in [2.45, 2.75) is 148 Å². The normalized spacial score (nSPS) is 20.7. The van der Waals surface area contributed by atoms with Gasteiger partial charge in [0, 0.05) is 12.5 Å². The summed E-state index contributed by atoms with van der Waals surface area (Å²) >= 11 is 0. The summed E-state index contributed by atoms with van der Waals surface area (Å²) in [5.74, 6) is -1.28. The monoisotopic (exact) mass is 558 g/mol. The molecule has 2 aliphatic rings. The molecule has 230 valence electrons. The lowest BCUT2D eigenvalue weighted by molar-refractivity contribution is -0.201. The Morgan fingerprint density at radius 2 is 0.974 bits per heavy atom. The van der Waals surface area contributed by atoms with E-state index in [2.05, 4.69) is 32.4 Å². The van der Waals surface area contributed by atoms with Crippen LogP contribution in [-0.2, 0) is 38.1 Å². The van der Waals surface area contributed by atoms with Crippen molar-refractivity contribution < 1.29 is 38.1 Å². The molecule has 0 aromatic carbocycles. The lowest BCUT2D eigenvalue weighted by atomic mass is 9.65. The number of hydrogen-bond acceptors (Lipinski definition) is 8. The van der Waals surface area contributed by atoms with Crippen molar-refractivity contribution in [3.8, 4) is 0 Å². The van der Waals surface area contributed by atoms with Crippen molar-refractivity contribution in [3.63, 3.8) is 0 Å². The zero-order valence-electron chi connectivity index (χ0n) is 27.3. The van der Waals surface area contributed by atoms with Crippen LogP contribution in [0.3, 0.4) is 0 Å². The van der Waals surface area contributed by atoms with Crippen LogP contribution in [0.15, 0.2) is 0 Å². The van der Waals surface area contributed by atoms with Gasteiger partial charge in [-0.05, 0) is 104 Å². The number of methoxy groups -OCH3 is 1. The molecule has 0 spiro atoms. The molecule has 0 aromatic heterocycles. The minimum atomic E-state index is -0.917. The summed E-state index contributed by atoms with van der Waals surface area (Å²) < 4.78 is 20.9. The molecule has 0 aliphatic carbocycles. The molecule has 0 bridgehead atoms. The molecule has 0 unspecified atom stereocenters. The highest BCUT2D eigenvalue weighted by molar-refractivity contribution is 6.00. The van der Waals surface area contributed by atoms with Gasteiger partial charge in [0.1, 0.15) is 17.0 Å². The van der Waals surface area contributed by atoms with Gasteiger partial charge in [0.25, 0.3) is 0 Å². The van der Waals surface area contributed by atoms with E-state index in [0.29, 0.717) is 0 Å². The van der Waals surface area contributed by atoms with E-state index >= 15 is 0 Å². The van der Waals surface area contributed by atoms with Crippen LogP contribution >= 0.6 is 0 Å². The van der Waals surface area contributed by atoms with Crippen LogP contribution in [0, 0.1) is 21.7 Å². The van der Waals surface area contributed by atoms with E-state index in [-0.39, 0.29) is 24.4 Å². The smallest absolute Gasteiger partial charge is 0.320 e. The van der Waals surface area contributed by atoms with E-state index < -0.39 is 50.8 Å². The van der Waals surface area contributed by atoms with Gasteiger partial charge >= 0.3 is 17.9 Å². The van der Waals surface area contributed by atoms with E-state index in [0.717, 1.165) is 0 Å². The third-order valence-electron chi connectivity index (χ3n) is 9.95. The molecule has 0 atom stereocenters. The predicted molar refractivity (Wildman–Crippen MR) is 154 cm³/mol. The molecule has 2 rings (SSSR count). The molecule has 8 nitrogen and oxygen atoms in total. The second-order valence-electron chi connectivity index (χ2n) is 14.5. The Balaban J connectivity index is 0. The van der Waals surface area contributed by atoms with Crippen molar-refractivity contribution in [2.75, 3.05) is 7.11 Å². The molecule has 0 saturated carbocycles. The minimum Gasteiger partial charge on any atom is -0.456 e. The van der Waals surface area contributed by atoms with E-state index in [1.165, 1.54) is 6.92 Å². The van der Waals surface area contributed by atoms with E-state index in [4.69, 9.17) is 14.2 Å². The maximum atomic E-state index is 12.6. The maximum Gasteiger partial charge on any atom is 0.320 e. The van der Waals surface area contributed by atoms with Crippen molar-refractivity contribution in [1.82, 2.24) is 0 Å². The van der Waals surface area contributed by atoms with Crippen molar-refractivity contribution >= 4 is 23.7 Å². The molecule has 0 N–H and O–H groups in total. The van der Waals surface area contributed by atoms with E-state index in [1.807, 2.05) is 27.7 Å². The highest BCUT2D eigenvalue weighted by Gasteiger charge is 2.57. The number of carbonyl (C=O) groups is 4. The summed E-state index contributed by atoms with van der Waals surface area (Å²) in [6.07, 6.45) is 0. The third kappa shape index (κ3) is 7.69. The Bertz CT molecular complexity index is 894. The first-order chi connectivity index (χ1) is 16.4. The van der Waals surface area contributed by atoms with Gasteiger partial charge in [0.15, 0.2) is 0 Å². The SMILES string of the molecule is C.CC1(C)C(=O)OC(=O)C1(C)C.CC1(C)OC1(C)C.COC(C)(C)C(C)(C)OC(=O)C(C)(C)C(C)(C)C(C)=O. The third-order valence-corrected chi connectivity index (χ3v) is 9.95. The first-order valence-electron chi connectivity index (χ1n) is 13.2. The summed E-state index contributed by atoms with van der Waals surface area (Å²) in [6, 6.07) is 0. The standard InChI is InChI=1S/C16H30O4.C8H12O3.C6H12O.CH4/c1-11(17)13(2,3)14(4,5)12(18)20-16(8,9)15(6,7)19-10;1-7(2)5(9)11-6(10)8(7,3)4;1-5(2)6(3,4)7-5;/h1-10H3;1-4H3;1-4H3;1H4.